The van der Waals surface area contributed by atoms with Crippen LogP contribution in [0.25, 0.3) is 0 Å². The molecule has 2 saturated heterocycles. The molecule has 11 nitrogen and oxygen atoms in total. The molecule has 7 aromatic carbocycles. The molecule has 2 aliphatic heterocycles. The van der Waals surface area contributed by atoms with Crippen molar-refractivity contribution in [2.24, 2.45) is 0 Å². The maximum Gasteiger partial charge on any atom is 0.187 e. The van der Waals surface area contributed by atoms with E-state index in [4.69, 9.17) is 52.1 Å². The fourth-order valence-corrected chi connectivity index (χ4v) is 9.51. The number of hydrogen-bond donors (Lipinski definition) is 0. The van der Waals surface area contributed by atoms with Crippen LogP contribution in [0, 0.1) is 0 Å². The van der Waals surface area contributed by atoms with E-state index in [9.17, 15) is 0 Å². The third-order valence-corrected chi connectivity index (χ3v) is 13.5. The van der Waals surface area contributed by atoms with Gasteiger partial charge in [0.15, 0.2) is 12.6 Å². The fraction of sp³-hybridized carbons (Fsp3) is 0.333. The minimum Gasteiger partial charge on any atom is -0.374 e. The lowest BCUT2D eigenvalue weighted by atomic mass is 9.96. The van der Waals surface area contributed by atoms with Gasteiger partial charge in [-0.25, -0.2) is 0 Å². The van der Waals surface area contributed by atoms with Gasteiger partial charge in [0.25, 0.3) is 0 Å². The van der Waals surface area contributed by atoms with Gasteiger partial charge in [-0.15, -0.1) is 6.58 Å². The maximum absolute atomic E-state index is 7.15. The third kappa shape index (κ3) is 17.2. The number of rotatable bonds is 30. The quantitative estimate of drug-likeness (QED) is 0.0318. The molecule has 0 aliphatic carbocycles. The standard InChI is InChI=1S/C66H72O11/c1-2-3-25-40-68-65-63(73-46-55-36-21-9-22-37-55)62(72-45-54-34-19-8-20-35-54)60(70-43-52-30-15-6-16-31-52)58(77-65)49-75-66-64(74-47-56-38-23-10-24-39-56)61(71-44-53-32-17-7-18-33-53)59(69-42-51-28-13-5-14-29-51)57(76-66)48-67-41-50-26-11-4-12-27-50/h2,4-24,26-39,57-66H,1,3,25,40-49H2/t57-,58-,59-,60-,61+,62+,63-,64-,65-,66?/m1/s1. The maximum atomic E-state index is 7.15. The van der Waals surface area contributed by atoms with Crippen LogP contribution in [0.15, 0.2) is 225 Å². The Labute approximate surface area is 454 Å². The molecule has 0 N–H and O–H groups in total. The Morgan fingerprint density at radius 1 is 0.312 bits per heavy atom. The van der Waals surface area contributed by atoms with Crippen molar-refractivity contribution in [2.75, 3.05) is 19.8 Å². The number of ether oxygens (including phenoxy) is 11. The molecule has 402 valence electrons. The molecule has 0 amide bonds. The Hall–Kier alpha value is -6.16. The zero-order valence-electron chi connectivity index (χ0n) is 43.7. The van der Waals surface area contributed by atoms with E-state index in [1.807, 2.05) is 218 Å². The lowest BCUT2D eigenvalue weighted by Gasteiger charge is -2.48. The van der Waals surface area contributed by atoms with Gasteiger partial charge >= 0.3 is 0 Å². The molecule has 0 aromatic heterocycles. The SMILES string of the molecule is C=CCCCO[C@@H]1O[C@H](COC2O[C@H](COCc3ccccc3)[C@@H](OCc3ccccc3)[C@H](OCc3ccccc3)[C@H]2OCc2ccccc2)[C@@H](OCc2ccccc2)[C@H](OCc2ccccc2)[C@H]1OCc1ccccc1. The largest absolute Gasteiger partial charge is 0.374 e. The molecule has 0 saturated carbocycles. The predicted octanol–water partition coefficient (Wildman–Crippen LogP) is 12.2. The van der Waals surface area contributed by atoms with Gasteiger partial charge in [0.1, 0.15) is 48.8 Å². The summed E-state index contributed by atoms with van der Waals surface area (Å²) in [5.41, 5.74) is 7.00. The Kier molecular flexibility index (Phi) is 22.2. The van der Waals surface area contributed by atoms with Crippen LogP contribution in [0.1, 0.15) is 51.8 Å². The number of allylic oxidation sites excluding steroid dienone is 1. The molecule has 11 heteroatoms. The monoisotopic (exact) mass is 1040 g/mol. The molecular weight excluding hydrogens is 969 g/mol. The molecule has 0 radical (unpaired) electrons. The summed E-state index contributed by atoms with van der Waals surface area (Å²) in [4.78, 5) is 0. The Balaban J connectivity index is 1.07. The second-order valence-corrected chi connectivity index (χ2v) is 19.3. The summed E-state index contributed by atoms with van der Waals surface area (Å²) in [7, 11) is 0. The van der Waals surface area contributed by atoms with Crippen molar-refractivity contribution in [1.82, 2.24) is 0 Å². The van der Waals surface area contributed by atoms with Crippen LogP contribution in [0.4, 0.5) is 0 Å². The highest BCUT2D eigenvalue weighted by Crippen LogP contribution is 2.35. The van der Waals surface area contributed by atoms with Crippen molar-refractivity contribution in [3.05, 3.63) is 264 Å². The zero-order chi connectivity index (χ0) is 52.5. The molecule has 77 heavy (non-hydrogen) atoms. The fourth-order valence-electron chi connectivity index (χ4n) is 9.51. The van der Waals surface area contributed by atoms with Crippen LogP contribution < -0.4 is 0 Å². The molecule has 0 spiro atoms. The van der Waals surface area contributed by atoms with E-state index < -0.39 is 61.4 Å². The summed E-state index contributed by atoms with van der Waals surface area (Å²) in [5, 5.41) is 0. The van der Waals surface area contributed by atoms with E-state index in [1.54, 1.807) is 0 Å². The van der Waals surface area contributed by atoms with Crippen molar-refractivity contribution in [2.45, 2.75) is 121 Å². The Morgan fingerprint density at radius 3 is 0.935 bits per heavy atom. The minimum atomic E-state index is -1.01. The van der Waals surface area contributed by atoms with Gasteiger partial charge in [-0.3, -0.25) is 0 Å². The van der Waals surface area contributed by atoms with Crippen LogP contribution in [-0.4, -0.2) is 81.2 Å². The van der Waals surface area contributed by atoms with E-state index in [0.717, 1.165) is 51.8 Å². The van der Waals surface area contributed by atoms with Gasteiger partial charge in [0, 0.05) is 0 Å². The van der Waals surface area contributed by atoms with Crippen molar-refractivity contribution in [3.8, 4) is 0 Å². The average Bonchev–Trinajstić information content (AvgIpc) is 3.50. The summed E-state index contributed by atoms with van der Waals surface area (Å²) < 4.78 is 76.6. The van der Waals surface area contributed by atoms with Crippen LogP contribution >= 0.6 is 0 Å². The van der Waals surface area contributed by atoms with E-state index in [1.165, 1.54) is 0 Å². The van der Waals surface area contributed by atoms with E-state index >= 15 is 0 Å². The first-order valence-corrected chi connectivity index (χ1v) is 26.9. The molecule has 1 unspecified atom stereocenters. The van der Waals surface area contributed by atoms with Gasteiger partial charge < -0.3 is 52.1 Å². The normalized spacial score (nSPS) is 23.3. The van der Waals surface area contributed by atoms with Crippen molar-refractivity contribution in [1.29, 1.82) is 0 Å². The van der Waals surface area contributed by atoms with E-state index in [2.05, 4.69) is 6.58 Å². The summed E-state index contributed by atoms with van der Waals surface area (Å²) in [6.45, 7) is 6.54. The van der Waals surface area contributed by atoms with Gasteiger partial charge in [-0.05, 0) is 51.8 Å². The Bertz CT molecular complexity index is 2670. The third-order valence-electron chi connectivity index (χ3n) is 13.5. The van der Waals surface area contributed by atoms with Gasteiger partial charge in [0.2, 0.25) is 0 Å². The highest BCUT2D eigenvalue weighted by molar-refractivity contribution is 5.19. The lowest BCUT2D eigenvalue weighted by Crippen LogP contribution is -2.64. The summed E-state index contributed by atoms with van der Waals surface area (Å²) >= 11 is 0. The van der Waals surface area contributed by atoms with Crippen molar-refractivity contribution < 1.29 is 52.1 Å². The van der Waals surface area contributed by atoms with Crippen LogP contribution in [0.3, 0.4) is 0 Å². The second-order valence-electron chi connectivity index (χ2n) is 19.3. The number of benzene rings is 7. The summed E-state index contributed by atoms with van der Waals surface area (Å²) in [6.07, 6.45) is -4.21. The molecule has 9 rings (SSSR count). The summed E-state index contributed by atoms with van der Waals surface area (Å²) in [5.74, 6) is 0. The zero-order valence-corrected chi connectivity index (χ0v) is 43.7. The van der Waals surface area contributed by atoms with Gasteiger partial charge in [-0.1, -0.05) is 218 Å². The summed E-state index contributed by atoms with van der Waals surface area (Å²) in [6, 6.07) is 70.6. The first-order valence-electron chi connectivity index (χ1n) is 26.9. The van der Waals surface area contributed by atoms with Crippen LogP contribution in [0.5, 0.6) is 0 Å². The molecule has 10 atom stereocenters. The highest BCUT2D eigenvalue weighted by atomic mass is 16.8. The van der Waals surface area contributed by atoms with Crippen LogP contribution in [-0.2, 0) is 98.4 Å². The first-order chi connectivity index (χ1) is 38.2. The molecule has 7 aromatic rings. The predicted molar refractivity (Wildman–Crippen MR) is 295 cm³/mol. The van der Waals surface area contributed by atoms with E-state index in [0.29, 0.717) is 26.4 Å². The highest BCUT2D eigenvalue weighted by Gasteiger charge is 2.52. The second kappa shape index (κ2) is 30.7. The molecular formula is C66H72O11. The molecule has 2 fully saturated rings. The van der Waals surface area contributed by atoms with Crippen molar-refractivity contribution in [3.63, 3.8) is 0 Å². The van der Waals surface area contributed by atoms with E-state index in [-0.39, 0.29) is 39.6 Å². The van der Waals surface area contributed by atoms with Gasteiger partial charge in [-0.2, -0.15) is 0 Å². The van der Waals surface area contributed by atoms with Gasteiger partial charge in [0.05, 0.1) is 66.1 Å². The first kappa shape index (κ1) is 55.6. The van der Waals surface area contributed by atoms with Crippen LogP contribution in [0.2, 0.25) is 0 Å². The smallest absolute Gasteiger partial charge is 0.187 e. The topological polar surface area (TPSA) is 102 Å². The molecule has 2 aliphatic rings. The van der Waals surface area contributed by atoms with Crippen molar-refractivity contribution >= 4 is 0 Å². The average molecular weight is 1040 g/mol. The lowest BCUT2D eigenvalue weighted by molar-refractivity contribution is -0.353. The molecule has 2 heterocycles. The minimum absolute atomic E-state index is 0.0169. The molecule has 0 bridgehead atoms. The number of unbranched alkanes of at least 4 members (excludes halogenated alkanes) is 1. The Morgan fingerprint density at radius 2 is 0.597 bits per heavy atom. The number of hydrogen-bond acceptors (Lipinski definition) is 11.